The molecule has 1 aromatic rings. The fraction of sp³-hybridized carbons (Fsp3) is 0.739. The van der Waals surface area contributed by atoms with Crippen LogP contribution >= 0.6 is 11.6 Å². The summed E-state index contributed by atoms with van der Waals surface area (Å²) in [5.74, 6) is 0. The third-order valence-corrected chi connectivity index (χ3v) is 6.94. The largest absolute Gasteiger partial charge is 0.395 e. The lowest BCUT2D eigenvalue weighted by atomic mass is 10.1. The van der Waals surface area contributed by atoms with Crippen LogP contribution in [0.25, 0.3) is 0 Å². The van der Waals surface area contributed by atoms with Crippen molar-refractivity contribution < 1.29 is 8.85 Å². The molecule has 1 rings (SSSR count). The summed E-state index contributed by atoms with van der Waals surface area (Å²) in [6.07, 6.45) is 16.4. The zero-order valence-corrected chi connectivity index (χ0v) is 19.7. The Morgan fingerprint density at radius 2 is 1.19 bits per heavy atom. The van der Waals surface area contributed by atoms with E-state index in [2.05, 4.69) is 20.0 Å². The van der Waals surface area contributed by atoms with E-state index in [1.54, 1.807) is 0 Å². The van der Waals surface area contributed by atoms with Crippen LogP contribution in [0, 0.1) is 0 Å². The molecule has 0 heterocycles. The molecule has 0 atom stereocenters. The first kappa shape index (κ1) is 24.7. The molecule has 0 aliphatic rings. The molecule has 2 nitrogen and oxygen atoms in total. The lowest BCUT2D eigenvalue weighted by molar-refractivity contribution is 0.168. The molecule has 0 aliphatic carbocycles. The average molecular weight is 413 g/mol. The van der Waals surface area contributed by atoms with Crippen molar-refractivity contribution in [2.75, 3.05) is 6.61 Å². The predicted molar refractivity (Wildman–Crippen MR) is 121 cm³/mol. The van der Waals surface area contributed by atoms with Crippen molar-refractivity contribution in [1.29, 1.82) is 0 Å². The van der Waals surface area contributed by atoms with Crippen LogP contribution in [0.4, 0.5) is 0 Å². The Hall–Kier alpha value is -0.353. The second kappa shape index (κ2) is 15.6. The fourth-order valence-electron chi connectivity index (χ4n) is 3.14. The maximum atomic E-state index is 6.06. The van der Waals surface area contributed by atoms with Crippen molar-refractivity contribution in [3.05, 3.63) is 34.9 Å². The van der Waals surface area contributed by atoms with Crippen molar-refractivity contribution in [3.63, 3.8) is 0 Å². The smallest absolute Gasteiger partial charge is 0.332 e. The van der Waals surface area contributed by atoms with Crippen LogP contribution in [0.15, 0.2) is 24.3 Å². The summed E-state index contributed by atoms with van der Waals surface area (Å²) >= 11 is 5.91. The number of unbranched alkanes of at least 4 members (excludes halogenated alkanes) is 11. The number of hydrogen-bond donors (Lipinski definition) is 0. The molecule has 0 radical (unpaired) electrons. The van der Waals surface area contributed by atoms with Crippen LogP contribution in [0.3, 0.4) is 0 Å². The van der Waals surface area contributed by atoms with E-state index in [0.29, 0.717) is 6.61 Å². The lowest BCUT2D eigenvalue weighted by Crippen LogP contribution is -2.35. The van der Waals surface area contributed by atoms with Gasteiger partial charge in [-0.05, 0) is 37.2 Å². The highest BCUT2D eigenvalue weighted by Crippen LogP contribution is 2.15. The van der Waals surface area contributed by atoms with Gasteiger partial charge in [0.1, 0.15) is 0 Å². The van der Waals surface area contributed by atoms with Gasteiger partial charge >= 0.3 is 8.56 Å². The molecule has 27 heavy (non-hydrogen) atoms. The highest BCUT2D eigenvalue weighted by molar-refractivity contribution is 6.64. The summed E-state index contributed by atoms with van der Waals surface area (Å²) in [6, 6.07) is 7.83. The van der Waals surface area contributed by atoms with Gasteiger partial charge in [0.05, 0.1) is 6.61 Å². The molecule has 1 aromatic carbocycles. The summed E-state index contributed by atoms with van der Waals surface area (Å²) in [6.45, 7) is 7.97. The SMILES string of the molecule is CCCCCCCCCCCCCCO[Si](C)(C)OCc1ccc(Cl)cc1. The number of halogens is 1. The van der Waals surface area contributed by atoms with Crippen LogP contribution in [0.2, 0.25) is 18.1 Å². The zero-order chi connectivity index (χ0) is 19.8. The van der Waals surface area contributed by atoms with E-state index in [1.165, 1.54) is 70.6 Å². The van der Waals surface area contributed by atoms with Crippen molar-refractivity contribution in [3.8, 4) is 0 Å². The highest BCUT2D eigenvalue weighted by Gasteiger charge is 2.24. The van der Waals surface area contributed by atoms with Crippen molar-refractivity contribution in [2.24, 2.45) is 0 Å². The predicted octanol–water partition coefficient (Wildman–Crippen LogP) is 8.28. The van der Waals surface area contributed by atoms with E-state index in [-0.39, 0.29) is 0 Å². The van der Waals surface area contributed by atoms with Gasteiger partial charge in [0, 0.05) is 11.6 Å². The molecule has 0 N–H and O–H groups in total. The molecule has 0 saturated carbocycles. The van der Waals surface area contributed by atoms with Crippen LogP contribution in [-0.4, -0.2) is 15.2 Å². The fourth-order valence-corrected chi connectivity index (χ4v) is 4.50. The number of benzene rings is 1. The molecule has 0 aliphatic heterocycles. The average Bonchev–Trinajstić information content (AvgIpc) is 2.65. The molecule has 0 saturated heterocycles. The van der Waals surface area contributed by atoms with E-state index >= 15 is 0 Å². The first-order valence-electron chi connectivity index (χ1n) is 11.1. The monoisotopic (exact) mass is 412 g/mol. The van der Waals surface area contributed by atoms with E-state index in [9.17, 15) is 0 Å². The minimum Gasteiger partial charge on any atom is -0.395 e. The van der Waals surface area contributed by atoms with Crippen molar-refractivity contribution in [1.82, 2.24) is 0 Å². The van der Waals surface area contributed by atoms with Crippen LogP contribution in [0.5, 0.6) is 0 Å². The molecule has 0 unspecified atom stereocenters. The summed E-state index contributed by atoms with van der Waals surface area (Å²) in [5.41, 5.74) is 1.15. The maximum Gasteiger partial charge on any atom is 0.332 e. The number of hydrogen-bond acceptors (Lipinski definition) is 2. The highest BCUT2D eigenvalue weighted by atomic mass is 35.5. The van der Waals surface area contributed by atoms with Gasteiger partial charge in [0.25, 0.3) is 0 Å². The van der Waals surface area contributed by atoms with Gasteiger partial charge in [-0.1, -0.05) is 101 Å². The van der Waals surface area contributed by atoms with Gasteiger partial charge < -0.3 is 8.85 Å². The van der Waals surface area contributed by atoms with E-state index < -0.39 is 8.56 Å². The Bertz CT molecular complexity index is 462. The van der Waals surface area contributed by atoms with Gasteiger partial charge in [-0.2, -0.15) is 0 Å². The summed E-state index contributed by atoms with van der Waals surface area (Å²) < 4.78 is 12.1. The van der Waals surface area contributed by atoms with Crippen molar-refractivity contribution >= 4 is 20.2 Å². The Morgan fingerprint density at radius 1 is 0.704 bits per heavy atom. The molecule has 0 fully saturated rings. The lowest BCUT2D eigenvalue weighted by Gasteiger charge is -2.23. The quantitative estimate of drug-likeness (QED) is 0.189. The molecular formula is C23H41ClO2Si. The van der Waals surface area contributed by atoms with E-state index in [0.717, 1.165) is 23.6 Å². The summed E-state index contributed by atoms with van der Waals surface area (Å²) in [7, 11) is -2.03. The Morgan fingerprint density at radius 3 is 1.70 bits per heavy atom. The van der Waals surface area contributed by atoms with Gasteiger partial charge in [-0.25, -0.2) is 0 Å². The second-order valence-electron chi connectivity index (χ2n) is 8.05. The third kappa shape index (κ3) is 14.3. The van der Waals surface area contributed by atoms with Crippen LogP contribution in [0.1, 0.15) is 89.5 Å². The second-order valence-corrected chi connectivity index (χ2v) is 11.9. The minimum absolute atomic E-state index is 0.606. The van der Waals surface area contributed by atoms with Crippen LogP contribution in [-0.2, 0) is 15.5 Å². The molecule has 0 bridgehead atoms. The first-order valence-corrected chi connectivity index (χ1v) is 14.3. The molecule has 4 heteroatoms. The molecule has 0 amide bonds. The Balaban J connectivity index is 1.92. The molecule has 156 valence electrons. The standard InChI is InChI=1S/C23H41ClO2Si/c1-4-5-6-7-8-9-10-11-12-13-14-15-20-25-27(2,3)26-21-22-16-18-23(24)19-17-22/h16-19H,4-15,20-21H2,1-3H3. The Kier molecular flexibility index (Phi) is 14.2. The molecular weight excluding hydrogens is 372 g/mol. The third-order valence-electron chi connectivity index (χ3n) is 4.95. The van der Waals surface area contributed by atoms with Crippen LogP contribution < -0.4 is 0 Å². The van der Waals surface area contributed by atoms with Gasteiger partial charge in [-0.3, -0.25) is 0 Å². The minimum atomic E-state index is -2.03. The van der Waals surface area contributed by atoms with Crippen molar-refractivity contribution in [2.45, 2.75) is 104 Å². The van der Waals surface area contributed by atoms with Gasteiger partial charge in [0.15, 0.2) is 0 Å². The van der Waals surface area contributed by atoms with Gasteiger partial charge in [0.2, 0.25) is 0 Å². The molecule has 0 aromatic heterocycles. The molecule has 0 spiro atoms. The number of rotatable bonds is 17. The summed E-state index contributed by atoms with van der Waals surface area (Å²) in [4.78, 5) is 0. The normalized spacial score (nSPS) is 11.9. The first-order chi connectivity index (χ1) is 13.0. The zero-order valence-electron chi connectivity index (χ0n) is 17.9. The summed E-state index contributed by atoms with van der Waals surface area (Å²) in [5, 5.41) is 0.762. The van der Waals surface area contributed by atoms with E-state index in [4.69, 9.17) is 20.5 Å². The maximum absolute atomic E-state index is 6.06. The topological polar surface area (TPSA) is 18.5 Å². The van der Waals surface area contributed by atoms with Gasteiger partial charge in [-0.15, -0.1) is 0 Å². The Labute approximate surface area is 174 Å². The van der Waals surface area contributed by atoms with E-state index in [1.807, 2.05) is 24.3 Å².